The van der Waals surface area contributed by atoms with Crippen molar-refractivity contribution in [3.05, 3.63) is 137 Å². The third-order valence-corrected chi connectivity index (χ3v) is 10.0. The first-order valence-corrected chi connectivity index (χ1v) is 18.0. The Morgan fingerprint density at radius 2 is 1.57 bits per heavy atom. The fourth-order valence-electron chi connectivity index (χ4n) is 7.47. The molecule has 0 spiro atoms. The molecule has 0 saturated carbocycles. The minimum absolute atomic E-state index is 0.00342. The summed E-state index contributed by atoms with van der Waals surface area (Å²) in [4.78, 5) is 17.0. The zero-order chi connectivity index (χ0) is 33.3. The second-order valence-corrected chi connectivity index (χ2v) is 13.3. The van der Waals surface area contributed by atoms with Gasteiger partial charge in [0, 0.05) is 54.6 Å². The van der Waals surface area contributed by atoms with Gasteiger partial charge in [0.05, 0.1) is 13.2 Å². The first-order chi connectivity index (χ1) is 24.2. The largest absolute Gasteiger partial charge is 0.489 e. The monoisotopic (exact) mass is 656 g/mol. The van der Waals surface area contributed by atoms with Crippen molar-refractivity contribution in [2.75, 3.05) is 45.9 Å². The third-order valence-electron chi connectivity index (χ3n) is 10.0. The molecule has 2 saturated heterocycles. The van der Waals surface area contributed by atoms with Crippen LogP contribution in [0.3, 0.4) is 0 Å². The number of benzene rings is 4. The average Bonchev–Trinajstić information content (AvgIpc) is 3.80. The number of para-hydroxylation sites is 1. The fourth-order valence-corrected chi connectivity index (χ4v) is 7.47. The molecule has 0 bridgehead atoms. The lowest BCUT2D eigenvalue weighted by Crippen LogP contribution is -2.38. The lowest BCUT2D eigenvalue weighted by Gasteiger charge is -2.26. The van der Waals surface area contributed by atoms with Crippen LogP contribution in [0, 0.1) is 0 Å². The van der Waals surface area contributed by atoms with Gasteiger partial charge in [0.15, 0.2) is 0 Å². The molecule has 7 rings (SSSR count). The predicted molar refractivity (Wildman–Crippen MR) is 196 cm³/mol. The quantitative estimate of drug-likeness (QED) is 0.126. The van der Waals surface area contributed by atoms with Crippen LogP contribution in [-0.4, -0.2) is 67.4 Å². The van der Waals surface area contributed by atoms with Crippen molar-refractivity contribution < 1.29 is 14.3 Å². The molecule has 1 aromatic heterocycles. The molecule has 2 atom stereocenters. The van der Waals surface area contributed by atoms with E-state index in [4.69, 9.17) is 9.47 Å². The van der Waals surface area contributed by atoms with E-state index in [0.29, 0.717) is 19.2 Å². The van der Waals surface area contributed by atoms with Crippen LogP contribution in [0.4, 0.5) is 0 Å². The Kier molecular flexibility index (Phi) is 11.0. The van der Waals surface area contributed by atoms with Gasteiger partial charge in [-0.05, 0) is 73.7 Å². The van der Waals surface area contributed by atoms with E-state index in [-0.39, 0.29) is 11.8 Å². The highest BCUT2D eigenvalue weighted by Crippen LogP contribution is 2.41. The van der Waals surface area contributed by atoms with Gasteiger partial charge in [0.1, 0.15) is 18.1 Å². The molecule has 2 aliphatic rings. The molecule has 4 aromatic carbocycles. The van der Waals surface area contributed by atoms with Crippen molar-refractivity contribution in [1.29, 1.82) is 0 Å². The number of aromatic nitrogens is 1. The molecule has 7 nitrogen and oxygen atoms in total. The Balaban J connectivity index is 1.24. The molecule has 3 heterocycles. The SMILES string of the molecule is O=C(NCCCN1CCOCC1)c1c(C(c2ccccc2)c2ccc(OCc3ccccc3)cc2)c2ccccc2n1CCC1CCCN1. The van der Waals surface area contributed by atoms with Crippen LogP contribution in [0.5, 0.6) is 5.75 Å². The molecule has 2 aliphatic heterocycles. The Bertz CT molecular complexity index is 1780. The van der Waals surface area contributed by atoms with E-state index >= 15 is 0 Å². The summed E-state index contributed by atoms with van der Waals surface area (Å²) in [7, 11) is 0. The molecule has 2 N–H and O–H groups in total. The summed E-state index contributed by atoms with van der Waals surface area (Å²) in [6, 6.07) is 38.3. The maximum absolute atomic E-state index is 14.5. The second kappa shape index (κ2) is 16.3. The summed E-state index contributed by atoms with van der Waals surface area (Å²) >= 11 is 0. The standard InChI is InChI=1S/C42H48N4O3/c47-42(44-24-10-25-45-27-29-48-30-28-45)41-40(37-16-7-8-17-38(37)46(41)26-22-35-15-9-23-43-35)39(33-13-5-2-6-14-33)34-18-20-36(21-19-34)49-31-32-11-3-1-4-12-32/h1-8,11-14,16-21,35,39,43H,9-10,15,22-31H2,(H,44,47). The van der Waals surface area contributed by atoms with E-state index < -0.39 is 0 Å². The first kappa shape index (κ1) is 33.1. The van der Waals surface area contributed by atoms with Crippen LogP contribution in [0.1, 0.15) is 64.3 Å². The van der Waals surface area contributed by atoms with Gasteiger partial charge in [-0.2, -0.15) is 0 Å². The smallest absolute Gasteiger partial charge is 0.268 e. The van der Waals surface area contributed by atoms with Gasteiger partial charge in [-0.3, -0.25) is 9.69 Å². The Morgan fingerprint density at radius 3 is 2.33 bits per heavy atom. The normalized spacial score (nSPS) is 17.3. The van der Waals surface area contributed by atoms with Crippen LogP contribution in [0.25, 0.3) is 10.9 Å². The topological polar surface area (TPSA) is 67.8 Å². The Hall–Kier alpha value is -4.43. The zero-order valence-electron chi connectivity index (χ0n) is 28.4. The summed E-state index contributed by atoms with van der Waals surface area (Å²) in [5, 5.41) is 8.14. The van der Waals surface area contributed by atoms with Crippen molar-refractivity contribution in [2.24, 2.45) is 0 Å². The number of carbonyl (C=O) groups is 1. The van der Waals surface area contributed by atoms with Crippen molar-refractivity contribution in [2.45, 2.75) is 50.8 Å². The van der Waals surface area contributed by atoms with E-state index in [1.165, 1.54) is 12.8 Å². The highest BCUT2D eigenvalue weighted by atomic mass is 16.5. The maximum Gasteiger partial charge on any atom is 0.268 e. The molecule has 2 unspecified atom stereocenters. The fraction of sp³-hybridized carbons (Fsp3) is 0.357. The number of fused-ring (bicyclic) bond motifs is 1. The van der Waals surface area contributed by atoms with Crippen LogP contribution in [0.2, 0.25) is 0 Å². The van der Waals surface area contributed by atoms with Gasteiger partial charge in [-0.15, -0.1) is 0 Å². The van der Waals surface area contributed by atoms with Crippen molar-refractivity contribution in [1.82, 2.24) is 20.1 Å². The van der Waals surface area contributed by atoms with E-state index in [1.807, 2.05) is 18.2 Å². The highest BCUT2D eigenvalue weighted by Gasteiger charge is 2.30. The predicted octanol–water partition coefficient (Wildman–Crippen LogP) is 6.99. The van der Waals surface area contributed by atoms with Crippen molar-refractivity contribution in [3.8, 4) is 5.75 Å². The Labute approximate surface area is 290 Å². The molecule has 5 aromatic rings. The van der Waals surface area contributed by atoms with Gasteiger partial charge in [0.25, 0.3) is 5.91 Å². The van der Waals surface area contributed by atoms with Crippen LogP contribution in [0.15, 0.2) is 109 Å². The van der Waals surface area contributed by atoms with Gasteiger partial charge < -0.3 is 24.7 Å². The molecular weight excluding hydrogens is 608 g/mol. The molecule has 2 fully saturated rings. The molecule has 7 heteroatoms. The number of hydrogen-bond acceptors (Lipinski definition) is 5. The van der Waals surface area contributed by atoms with Gasteiger partial charge in [-0.1, -0.05) is 91.0 Å². The lowest BCUT2D eigenvalue weighted by molar-refractivity contribution is 0.0374. The minimum Gasteiger partial charge on any atom is -0.489 e. The number of rotatable bonds is 14. The molecule has 0 radical (unpaired) electrons. The maximum atomic E-state index is 14.5. The van der Waals surface area contributed by atoms with Crippen molar-refractivity contribution >= 4 is 16.8 Å². The van der Waals surface area contributed by atoms with Crippen LogP contribution in [-0.2, 0) is 17.9 Å². The van der Waals surface area contributed by atoms with Gasteiger partial charge in [0.2, 0.25) is 0 Å². The second-order valence-electron chi connectivity index (χ2n) is 13.3. The van der Waals surface area contributed by atoms with E-state index in [1.54, 1.807) is 0 Å². The van der Waals surface area contributed by atoms with E-state index in [2.05, 4.69) is 111 Å². The molecule has 0 aliphatic carbocycles. The van der Waals surface area contributed by atoms with E-state index in [9.17, 15) is 4.79 Å². The Morgan fingerprint density at radius 1 is 0.857 bits per heavy atom. The zero-order valence-corrected chi connectivity index (χ0v) is 28.4. The molecule has 254 valence electrons. The number of aryl methyl sites for hydroxylation is 1. The highest BCUT2D eigenvalue weighted by molar-refractivity contribution is 6.02. The summed E-state index contributed by atoms with van der Waals surface area (Å²) in [5.41, 5.74) is 6.35. The van der Waals surface area contributed by atoms with Crippen LogP contribution < -0.4 is 15.4 Å². The minimum atomic E-state index is -0.144. The van der Waals surface area contributed by atoms with Crippen molar-refractivity contribution in [3.63, 3.8) is 0 Å². The lowest BCUT2D eigenvalue weighted by atomic mass is 9.83. The third kappa shape index (κ3) is 8.07. The summed E-state index contributed by atoms with van der Waals surface area (Å²) < 4.78 is 14.0. The van der Waals surface area contributed by atoms with Gasteiger partial charge >= 0.3 is 0 Å². The summed E-state index contributed by atoms with van der Waals surface area (Å²) in [5.74, 6) is 0.676. The molecule has 49 heavy (non-hydrogen) atoms. The number of ether oxygens (including phenoxy) is 2. The number of nitrogens with one attached hydrogen (secondary N) is 2. The number of nitrogens with zero attached hydrogens (tertiary/aromatic N) is 2. The van der Waals surface area contributed by atoms with Gasteiger partial charge in [-0.25, -0.2) is 0 Å². The summed E-state index contributed by atoms with van der Waals surface area (Å²) in [6.45, 7) is 7.43. The molecular formula is C42H48N4O3. The molecule has 1 amide bonds. The average molecular weight is 657 g/mol. The first-order valence-electron chi connectivity index (χ1n) is 18.0. The number of hydrogen-bond donors (Lipinski definition) is 2. The van der Waals surface area contributed by atoms with E-state index in [0.717, 1.165) is 103 Å². The number of carbonyl (C=O) groups excluding carboxylic acids is 1. The summed E-state index contributed by atoms with van der Waals surface area (Å²) in [6.07, 6.45) is 4.28. The van der Waals surface area contributed by atoms with Crippen LogP contribution >= 0.6 is 0 Å². The number of amides is 1. The number of morpholine rings is 1.